The molecule has 72 valence electrons. The molecule has 1 atom stereocenters. The topological polar surface area (TPSA) is 32.3 Å². The Morgan fingerprint density at radius 2 is 2.23 bits per heavy atom. The molecule has 0 aliphatic rings. The monoisotopic (exact) mass is 199 g/mol. The van der Waals surface area contributed by atoms with Crippen LogP contribution in [-0.2, 0) is 0 Å². The maximum absolute atomic E-state index is 9.05. The summed E-state index contributed by atoms with van der Waals surface area (Å²) in [5, 5.41) is 12.7. The Balaban J connectivity index is 2.99. The number of likely N-dealkylation sites (N-methyl/N-ethyl adjacent to an activating group) is 1. The summed E-state index contributed by atoms with van der Waals surface area (Å²) in [6, 6.07) is 5.75. The van der Waals surface area contributed by atoms with Crippen LogP contribution in [0.5, 0.6) is 0 Å². The van der Waals surface area contributed by atoms with Gasteiger partial charge in [0.1, 0.15) is 0 Å². The van der Waals surface area contributed by atoms with Gasteiger partial charge >= 0.3 is 0 Å². The zero-order valence-electron chi connectivity index (χ0n) is 7.84. The molecule has 0 amide bonds. The first-order valence-corrected chi connectivity index (χ1v) is 4.61. The van der Waals surface area contributed by atoms with Gasteiger partial charge in [-0.3, -0.25) is 0 Å². The second kappa shape index (κ2) is 4.61. The number of hydrogen-bond donors (Lipinski definition) is 2. The van der Waals surface area contributed by atoms with E-state index in [4.69, 9.17) is 16.7 Å². The molecular weight excluding hydrogens is 186 g/mol. The fourth-order valence-corrected chi connectivity index (χ4v) is 1.63. The molecule has 1 aromatic rings. The van der Waals surface area contributed by atoms with Gasteiger partial charge in [0.15, 0.2) is 0 Å². The van der Waals surface area contributed by atoms with Crippen LogP contribution < -0.4 is 5.32 Å². The molecular formula is C10H14ClNO. The Morgan fingerprint density at radius 1 is 1.54 bits per heavy atom. The molecule has 0 saturated carbocycles. The van der Waals surface area contributed by atoms with Gasteiger partial charge in [-0.25, -0.2) is 0 Å². The lowest BCUT2D eigenvalue weighted by molar-refractivity contribution is 0.251. The molecule has 1 rings (SSSR count). The van der Waals surface area contributed by atoms with Gasteiger partial charge in [-0.05, 0) is 31.2 Å². The van der Waals surface area contributed by atoms with Crippen molar-refractivity contribution in [1.29, 1.82) is 0 Å². The van der Waals surface area contributed by atoms with Crippen LogP contribution in [0.4, 0.5) is 0 Å². The lowest BCUT2D eigenvalue weighted by atomic mass is 10.1. The predicted molar refractivity (Wildman–Crippen MR) is 55.1 cm³/mol. The van der Waals surface area contributed by atoms with Crippen molar-refractivity contribution in [2.45, 2.75) is 13.0 Å². The maximum atomic E-state index is 9.05. The van der Waals surface area contributed by atoms with Gasteiger partial charge in [0.2, 0.25) is 0 Å². The zero-order chi connectivity index (χ0) is 9.84. The van der Waals surface area contributed by atoms with Crippen molar-refractivity contribution < 1.29 is 5.11 Å². The summed E-state index contributed by atoms with van der Waals surface area (Å²) < 4.78 is 0. The average molecular weight is 200 g/mol. The van der Waals surface area contributed by atoms with Gasteiger partial charge in [-0.15, -0.1) is 0 Å². The molecule has 0 aliphatic carbocycles. The first-order valence-electron chi connectivity index (χ1n) is 4.23. The smallest absolute Gasteiger partial charge is 0.0626 e. The number of benzene rings is 1. The fraction of sp³-hybridized carbons (Fsp3) is 0.400. The Labute approximate surface area is 83.5 Å². The van der Waals surface area contributed by atoms with Crippen LogP contribution in [0.2, 0.25) is 5.02 Å². The normalized spacial score (nSPS) is 12.9. The first-order chi connectivity index (χ1) is 6.19. The summed E-state index contributed by atoms with van der Waals surface area (Å²) in [5.41, 5.74) is 2.07. The number of nitrogens with one attached hydrogen (secondary N) is 1. The van der Waals surface area contributed by atoms with E-state index in [1.807, 2.05) is 25.1 Å². The molecule has 0 fully saturated rings. The Kier molecular flexibility index (Phi) is 3.72. The summed E-state index contributed by atoms with van der Waals surface area (Å²) in [4.78, 5) is 0. The van der Waals surface area contributed by atoms with Crippen LogP contribution in [0.1, 0.15) is 17.2 Å². The minimum atomic E-state index is -0.0758. The molecule has 3 heteroatoms. The SMILES string of the molecule is CN[C@@H](CO)c1ccc(C)cc1Cl. The summed E-state index contributed by atoms with van der Waals surface area (Å²) in [6.07, 6.45) is 0. The lowest BCUT2D eigenvalue weighted by Crippen LogP contribution is -2.20. The van der Waals surface area contributed by atoms with E-state index >= 15 is 0 Å². The van der Waals surface area contributed by atoms with Crippen LogP contribution in [0.25, 0.3) is 0 Å². The molecule has 2 nitrogen and oxygen atoms in total. The quantitative estimate of drug-likeness (QED) is 0.780. The largest absolute Gasteiger partial charge is 0.394 e. The molecule has 0 spiro atoms. The van der Waals surface area contributed by atoms with E-state index < -0.39 is 0 Å². The van der Waals surface area contributed by atoms with Crippen LogP contribution in [0, 0.1) is 6.92 Å². The molecule has 13 heavy (non-hydrogen) atoms. The van der Waals surface area contributed by atoms with E-state index in [9.17, 15) is 0 Å². The van der Waals surface area contributed by atoms with Crippen LogP contribution in [0.3, 0.4) is 0 Å². The van der Waals surface area contributed by atoms with Crippen molar-refractivity contribution in [2.24, 2.45) is 0 Å². The Morgan fingerprint density at radius 3 is 2.69 bits per heavy atom. The van der Waals surface area contributed by atoms with Crippen LogP contribution in [-0.4, -0.2) is 18.8 Å². The van der Waals surface area contributed by atoms with Gasteiger partial charge < -0.3 is 10.4 Å². The highest BCUT2D eigenvalue weighted by molar-refractivity contribution is 6.31. The highest BCUT2D eigenvalue weighted by Crippen LogP contribution is 2.23. The Hall–Kier alpha value is -0.570. The predicted octanol–water partition coefficient (Wildman–Crippen LogP) is 1.90. The second-order valence-corrected chi connectivity index (χ2v) is 3.46. The zero-order valence-corrected chi connectivity index (χ0v) is 8.60. The molecule has 0 saturated heterocycles. The fourth-order valence-electron chi connectivity index (χ4n) is 1.26. The first kappa shape index (κ1) is 10.5. The number of aliphatic hydroxyl groups excluding tert-OH is 1. The Bertz CT molecular complexity index is 284. The molecule has 0 unspecified atom stereocenters. The number of aliphatic hydroxyl groups is 1. The minimum Gasteiger partial charge on any atom is -0.394 e. The maximum Gasteiger partial charge on any atom is 0.0626 e. The van der Waals surface area contributed by atoms with Crippen molar-refractivity contribution >= 4 is 11.6 Å². The third-order valence-electron chi connectivity index (χ3n) is 2.06. The summed E-state index contributed by atoms with van der Waals surface area (Å²) in [6.45, 7) is 2.04. The van der Waals surface area contributed by atoms with Gasteiger partial charge in [0, 0.05) is 5.02 Å². The van der Waals surface area contributed by atoms with Crippen molar-refractivity contribution in [3.8, 4) is 0 Å². The van der Waals surface area contributed by atoms with Gasteiger partial charge in [0.25, 0.3) is 0 Å². The highest BCUT2D eigenvalue weighted by atomic mass is 35.5. The van der Waals surface area contributed by atoms with Gasteiger partial charge in [-0.1, -0.05) is 23.7 Å². The summed E-state index contributed by atoms with van der Waals surface area (Å²) in [5.74, 6) is 0. The van der Waals surface area contributed by atoms with E-state index in [1.54, 1.807) is 7.05 Å². The molecule has 0 bridgehead atoms. The highest BCUT2D eigenvalue weighted by Gasteiger charge is 2.10. The standard InChI is InChI=1S/C10H14ClNO/c1-7-3-4-8(9(11)5-7)10(6-13)12-2/h3-5,10,12-13H,6H2,1-2H3/t10-/m0/s1. The second-order valence-electron chi connectivity index (χ2n) is 3.05. The average Bonchev–Trinajstić information content (AvgIpc) is 2.10. The van der Waals surface area contributed by atoms with Crippen LogP contribution >= 0.6 is 11.6 Å². The molecule has 0 heterocycles. The third kappa shape index (κ3) is 2.44. The van der Waals surface area contributed by atoms with Crippen LogP contribution in [0.15, 0.2) is 18.2 Å². The van der Waals surface area contributed by atoms with Crippen molar-refractivity contribution in [3.05, 3.63) is 34.3 Å². The number of hydrogen-bond acceptors (Lipinski definition) is 2. The molecule has 0 radical (unpaired) electrons. The summed E-state index contributed by atoms with van der Waals surface area (Å²) in [7, 11) is 1.80. The molecule has 1 aromatic carbocycles. The number of halogens is 1. The van der Waals surface area contributed by atoms with E-state index in [2.05, 4.69) is 5.32 Å². The third-order valence-corrected chi connectivity index (χ3v) is 2.39. The van der Waals surface area contributed by atoms with E-state index in [1.165, 1.54) is 0 Å². The lowest BCUT2D eigenvalue weighted by Gasteiger charge is -2.15. The summed E-state index contributed by atoms with van der Waals surface area (Å²) >= 11 is 6.03. The van der Waals surface area contributed by atoms with Gasteiger partial charge in [-0.2, -0.15) is 0 Å². The molecule has 2 N–H and O–H groups in total. The van der Waals surface area contributed by atoms with Crippen molar-refractivity contribution in [3.63, 3.8) is 0 Å². The van der Waals surface area contributed by atoms with Crippen molar-refractivity contribution in [2.75, 3.05) is 13.7 Å². The van der Waals surface area contributed by atoms with Crippen molar-refractivity contribution in [1.82, 2.24) is 5.32 Å². The molecule has 0 aromatic heterocycles. The van der Waals surface area contributed by atoms with E-state index in [0.717, 1.165) is 11.1 Å². The number of aryl methyl sites for hydroxylation is 1. The number of rotatable bonds is 3. The van der Waals surface area contributed by atoms with E-state index in [0.29, 0.717) is 5.02 Å². The minimum absolute atomic E-state index is 0.0548. The molecule has 0 aliphatic heterocycles. The van der Waals surface area contributed by atoms with Gasteiger partial charge in [0.05, 0.1) is 12.6 Å². The van der Waals surface area contributed by atoms with E-state index in [-0.39, 0.29) is 12.6 Å².